The van der Waals surface area contributed by atoms with Crippen LogP contribution in [0.4, 0.5) is 27.8 Å². The molecule has 29 heavy (non-hydrogen) atoms. The monoisotopic (exact) mass is 413 g/mol. The first-order chi connectivity index (χ1) is 13.8. The number of aromatic nitrogens is 1. The Morgan fingerprint density at radius 1 is 1.28 bits per heavy atom. The summed E-state index contributed by atoms with van der Waals surface area (Å²) in [4.78, 5) is 9.87. The summed E-state index contributed by atoms with van der Waals surface area (Å²) in [5.41, 5.74) is -1.12. The number of nitrogens with zero attached hydrogens (tertiary/aromatic N) is 3. The SMILES string of the molecule is CN=C(NCc1ccc(F)cc1C(F)(F)F)NC1CCN(c2ncccc2F)C1. The van der Waals surface area contributed by atoms with E-state index in [1.807, 2.05) is 0 Å². The van der Waals surface area contributed by atoms with Crippen LogP contribution in [-0.4, -0.2) is 37.1 Å². The van der Waals surface area contributed by atoms with Gasteiger partial charge >= 0.3 is 6.18 Å². The van der Waals surface area contributed by atoms with Gasteiger partial charge in [0.1, 0.15) is 5.82 Å². The molecule has 1 atom stereocenters. The molecule has 1 aromatic carbocycles. The predicted octanol–water partition coefficient (Wildman–Crippen LogP) is 3.32. The van der Waals surface area contributed by atoms with Crippen molar-refractivity contribution < 1.29 is 22.0 Å². The van der Waals surface area contributed by atoms with Crippen molar-refractivity contribution in [3.05, 3.63) is 59.3 Å². The molecule has 1 unspecified atom stereocenters. The number of anilines is 1. The van der Waals surface area contributed by atoms with Crippen molar-refractivity contribution in [2.45, 2.75) is 25.2 Å². The van der Waals surface area contributed by atoms with Crippen LogP contribution >= 0.6 is 0 Å². The zero-order valence-electron chi connectivity index (χ0n) is 15.6. The summed E-state index contributed by atoms with van der Waals surface area (Å²) in [5, 5.41) is 5.94. The molecule has 1 aromatic heterocycles. The highest BCUT2D eigenvalue weighted by Crippen LogP contribution is 2.32. The first-order valence-electron chi connectivity index (χ1n) is 8.96. The molecule has 1 aliphatic rings. The van der Waals surface area contributed by atoms with Crippen LogP contribution < -0.4 is 15.5 Å². The van der Waals surface area contributed by atoms with Crippen molar-refractivity contribution in [1.29, 1.82) is 0 Å². The third kappa shape index (κ3) is 5.12. The summed E-state index contributed by atoms with van der Waals surface area (Å²) in [6.45, 7) is 0.873. The second-order valence-corrected chi connectivity index (χ2v) is 6.61. The molecule has 156 valence electrons. The first-order valence-corrected chi connectivity index (χ1v) is 8.96. The Kier molecular flexibility index (Phi) is 6.19. The molecule has 5 nitrogen and oxygen atoms in total. The topological polar surface area (TPSA) is 52.6 Å². The summed E-state index contributed by atoms with van der Waals surface area (Å²) in [5.74, 6) is -0.792. The average Bonchev–Trinajstić information content (AvgIpc) is 3.13. The fourth-order valence-corrected chi connectivity index (χ4v) is 3.21. The second-order valence-electron chi connectivity index (χ2n) is 6.61. The fourth-order valence-electron chi connectivity index (χ4n) is 3.21. The van der Waals surface area contributed by atoms with Gasteiger partial charge in [0.15, 0.2) is 17.6 Å². The maximum absolute atomic E-state index is 13.9. The third-order valence-electron chi connectivity index (χ3n) is 4.61. The van der Waals surface area contributed by atoms with Crippen LogP contribution in [0, 0.1) is 11.6 Å². The Labute approximate surface area is 164 Å². The quantitative estimate of drug-likeness (QED) is 0.459. The number of guanidine groups is 1. The number of hydrogen-bond donors (Lipinski definition) is 2. The highest BCUT2D eigenvalue weighted by atomic mass is 19.4. The van der Waals surface area contributed by atoms with Gasteiger partial charge in [-0.25, -0.2) is 13.8 Å². The van der Waals surface area contributed by atoms with Gasteiger partial charge in [0.05, 0.1) is 5.56 Å². The van der Waals surface area contributed by atoms with Crippen molar-refractivity contribution in [2.75, 3.05) is 25.0 Å². The zero-order valence-corrected chi connectivity index (χ0v) is 15.6. The smallest absolute Gasteiger partial charge is 0.352 e. The Morgan fingerprint density at radius 2 is 2.07 bits per heavy atom. The molecule has 1 fully saturated rings. The molecule has 0 bridgehead atoms. The van der Waals surface area contributed by atoms with E-state index in [4.69, 9.17) is 0 Å². The van der Waals surface area contributed by atoms with Crippen LogP contribution in [0.5, 0.6) is 0 Å². The van der Waals surface area contributed by atoms with E-state index in [9.17, 15) is 22.0 Å². The van der Waals surface area contributed by atoms with Crippen molar-refractivity contribution in [1.82, 2.24) is 15.6 Å². The Balaban J connectivity index is 1.61. The molecule has 3 rings (SSSR count). The van der Waals surface area contributed by atoms with E-state index in [1.165, 1.54) is 25.4 Å². The maximum Gasteiger partial charge on any atom is 0.416 e. The van der Waals surface area contributed by atoms with Crippen molar-refractivity contribution in [3.63, 3.8) is 0 Å². The molecule has 1 saturated heterocycles. The van der Waals surface area contributed by atoms with E-state index < -0.39 is 23.4 Å². The summed E-state index contributed by atoms with van der Waals surface area (Å²) in [7, 11) is 1.50. The predicted molar refractivity (Wildman–Crippen MR) is 99.5 cm³/mol. The Morgan fingerprint density at radius 3 is 2.76 bits per heavy atom. The largest absolute Gasteiger partial charge is 0.416 e. The van der Waals surface area contributed by atoms with Gasteiger partial charge < -0.3 is 15.5 Å². The highest BCUT2D eigenvalue weighted by molar-refractivity contribution is 5.80. The van der Waals surface area contributed by atoms with Gasteiger partial charge in [-0.2, -0.15) is 13.2 Å². The molecule has 0 aliphatic carbocycles. The Hall–Kier alpha value is -2.91. The molecule has 0 spiro atoms. The molecule has 0 radical (unpaired) electrons. The molecule has 0 amide bonds. The third-order valence-corrected chi connectivity index (χ3v) is 4.61. The van der Waals surface area contributed by atoms with E-state index in [1.54, 1.807) is 4.90 Å². The van der Waals surface area contributed by atoms with Gasteiger partial charge in [0, 0.05) is 38.9 Å². The van der Waals surface area contributed by atoms with E-state index in [2.05, 4.69) is 20.6 Å². The molecular formula is C19H20F5N5. The Bertz CT molecular complexity index is 884. The van der Waals surface area contributed by atoms with Gasteiger partial charge in [0.25, 0.3) is 0 Å². The van der Waals surface area contributed by atoms with Gasteiger partial charge in [-0.05, 0) is 36.2 Å². The minimum absolute atomic E-state index is 0.0853. The average molecular weight is 413 g/mol. The summed E-state index contributed by atoms with van der Waals surface area (Å²) >= 11 is 0. The highest BCUT2D eigenvalue weighted by Gasteiger charge is 2.33. The normalized spacial score (nSPS) is 17.5. The number of rotatable bonds is 4. The van der Waals surface area contributed by atoms with Gasteiger partial charge in [-0.1, -0.05) is 6.07 Å². The molecule has 2 aromatic rings. The van der Waals surface area contributed by atoms with Gasteiger partial charge in [-0.3, -0.25) is 4.99 Å². The molecular weight excluding hydrogens is 393 g/mol. The van der Waals surface area contributed by atoms with Crippen LogP contribution in [0.2, 0.25) is 0 Å². The van der Waals surface area contributed by atoms with Crippen molar-refractivity contribution >= 4 is 11.8 Å². The van der Waals surface area contributed by atoms with Crippen LogP contribution in [-0.2, 0) is 12.7 Å². The van der Waals surface area contributed by atoms with E-state index in [0.29, 0.717) is 31.5 Å². The molecule has 0 saturated carbocycles. The van der Waals surface area contributed by atoms with Crippen LogP contribution in [0.25, 0.3) is 0 Å². The lowest BCUT2D eigenvalue weighted by Crippen LogP contribution is -2.44. The van der Waals surface area contributed by atoms with E-state index in [0.717, 1.165) is 12.1 Å². The maximum atomic E-state index is 13.9. The fraction of sp³-hybridized carbons (Fsp3) is 0.368. The first kappa shape index (κ1) is 20.8. The van der Waals surface area contributed by atoms with Crippen LogP contribution in [0.3, 0.4) is 0 Å². The number of halogens is 5. The molecule has 2 heterocycles. The van der Waals surface area contributed by atoms with Crippen molar-refractivity contribution in [2.24, 2.45) is 4.99 Å². The molecule has 2 N–H and O–H groups in total. The minimum Gasteiger partial charge on any atom is -0.352 e. The van der Waals surface area contributed by atoms with E-state index in [-0.39, 0.29) is 24.0 Å². The minimum atomic E-state index is -4.66. The lowest BCUT2D eigenvalue weighted by atomic mass is 10.1. The summed E-state index contributed by atoms with van der Waals surface area (Å²) in [6.07, 6.45) is -2.46. The number of benzene rings is 1. The lowest BCUT2D eigenvalue weighted by Gasteiger charge is -2.20. The molecule has 10 heteroatoms. The van der Waals surface area contributed by atoms with E-state index >= 15 is 0 Å². The summed E-state index contributed by atoms with van der Waals surface area (Å²) in [6, 6.07) is 5.32. The number of aliphatic imine (C=N–C) groups is 1. The number of nitrogens with one attached hydrogen (secondary N) is 2. The number of alkyl halides is 3. The standard InChI is InChI=1S/C19H20F5N5/c1-25-18(27-10-12-4-5-13(20)9-15(12)19(22,23)24)28-14-6-8-29(11-14)17-16(21)3-2-7-26-17/h2-5,7,9,14H,6,8,10-11H2,1H3,(H2,25,27,28). The number of hydrogen-bond acceptors (Lipinski definition) is 3. The number of pyridine rings is 1. The molecule has 1 aliphatic heterocycles. The second kappa shape index (κ2) is 8.62. The zero-order chi connectivity index (χ0) is 21.0. The van der Waals surface area contributed by atoms with Gasteiger partial charge in [-0.15, -0.1) is 0 Å². The van der Waals surface area contributed by atoms with Crippen LogP contribution in [0.1, 0.15) is 17.5 Å². The van der Waals surface area contributed by atoms with Crippen molar-refractivity contribution in [3.8, 4) is 0 Å². The lowest BCUT2D eigenvalue weighted by molar-refractivity contribution is -0.138. The van der Waals surface area contributed by atoms with Crippen LogP contribution in [0.15, 0.2) is 41.5 Å². The van der Waals surface area contributed by atoms with Gasteiger partial charge in [0.2, 0.25) is 0 Å². The summed E-state index contributed by atoms with van der Waals surface area (Å²) < 4.78 is 66.5.